The zero-order valence-electron chi connectivity index (χ0n) is 35.5. The third-order valence-electron chi connectivity index (χ3n) is 11.2. The average molecular weight is 948 g/mol. The van der Waals surface area contributed by atoms with Crippen LogP contribution in [-0.2, 0) is 44.6 Å². The molecule has 3 aliphatic heterocycles. The fraction of sp³-hybridized carbons (Fsp3) is 0.600. The van der Waals surface area contributed by atoms with Crippen molar-refractivity contribution in [2.24, 2.45) is 5.73 Å². The van der Waals surface area contributed by atoms with Gasteiger partial charge in [0.1, 0.15) is 91.5 Å². The van der Waals surface area contributed by atoms with Gasteiger partial charge in [0, 0.05) is 13.0 Å². The van der Waals surface area contributed by atoms with Crippen molar-refractivity contribution in [3.05, 3.63) is 83.7 Å². The van der Waals surface area contributed by atoms with Crippen LogP contribution in [0.5, 0.6) is 0 Å². The first-order valence-electron chi connectivity index (χ1n) is 20.5. The minimum atomic E-state index is -3.06. The Hall–Kier alpha value is -3.36. The van der Waals surface area contributed by atoms with Crippen LogP contribution in [0, 0.1) is 0 Å². The van der Waals surface area contributed by atoms with E-state index in [2.05, 4.69) is 15.6 Å². The molecular weight excluding hydrogens is 893 g/mol. The number of aliphatic hydroxyl groups is 10. The fourth-order valence-corrected chi connectivity index (χ4v) is 7.71. The first-order chi connectivity index (χ1) is 31.1. The Bertz CT molecular complexity index is 1920. The van der Waals surface area contributed by atoms with Crippen molar-refractivity contribution in [1.29, 1.82) is 0 Å². The number of aliphatic carboxylic acids is 1. The molecule has 25 nitrogen and oxygen atoms in total. The molecule has 3 fully saturated rings. The first kappa shape index (κ1) is 53.6. The van der Waals surface area contributed by atoms with E-state index in [4.69, 9.17) is 38.9 Å². The number of carboxylic acid groups (broad SMARTS) is 1. The summed E-state index contributed by atoms with van der Waals surface area (Å²) in [6, 6.07) is 16.7. The maximum absolute atomic E-state index is 13.2. The minimum absolute atomic E-state index is 0. The van der Waals surface area contributed by atoms with Gasteiger partial charge in [-0.1, -0.05) is 65.9 Å². The van der Waals surface area contributed by atoms with Gasteiger partial charge in [-0.15, -0.1) is 5.10 Å². The van der Waals surface area contributed by atoms with Crippen molar-refractivity contribution in [3.63, 3.8) is 0 Å². The number of carbonyl (C=O) groups is 2. The Morgan fingerprint density at radius 3 is 2.11 bits per heavy atom. The molecule has 26 heteroatoms. The number of aromatic nitrogens is 3. The summed E-state index contributed by atoms with van der Waals surface area (Å²) < 4.78 is 40.0. The zero-order chi connectivity index (χ0) is 47.0. The number of nitrogens with zero attached hydrogens (tertiary/aromatic N) is 3. The first-order valence-corrected chi connectivity index (χ1v) is 20.5. The summed E-state index contributed by atoms with van der Waals surface area (Å²) in [4.78, 5) is 25.9. The molecule has 0 aliphatic carbocycles. The molecule has 3 aromatic rings. The molecule has 6 rings (SSSR count). The van der Waals surface area contributed by atoms with Crippen molar-refractivity contribution in [2.45, 2.75) is 117 Å². The van der Waals surface area contributed by atoms with Gasteiger partial charge in [-0.25, -0.2) is 9.48 Å². The maximum Gasteiger partial charge on any atom is 1.00 e. The van der Waals surface area contributed by atoms with E-state index >= 15 is 0 Å². The van der Waals surface area contributed by atoms with E-state index in [1.807, 2.05) is 60.7 Å². The SMILES string of the molecule is NCCO[C@@H]1OC(CO)[C@@H](O[C@@H]2OC(CO[C@]3(C(=O)[O-])C[C@@H](O)[C@@H](NC(=O)OCc4cn(C(c5ccccc5)c5ccccc5)nn4)C([C@H](O)[C@H](O)CO)O3)[C@H](O)[C@H](O)C2O)[C@H](O)C1O.[Na+]. The summed E-state index contributed by atoms with van der Waals surface area (Å²) in [6.07, 6.45) is -27.2. The molecule has 2 aromatic carbocycles. The van der Waals surface area contributed by atoms with Crippen LogP contribution < -0.4 is 45.7 Å². The van der Waals surface area contributed by atoms with E-state index in [0.717, 1.165) is 11.1 Å². The Morgan fingerprint density at radius 2 is 1.52 bits per heavy atom. The standard InChI is InChI=1S/C40H55N5O20.Na/c41-11-12-59-36-33(55)31(53)34(24(16-47)62-36)64-37-32(54)30(52)29(51)25(63-37)18-61-40(38(56)57)13-22(48)26(35(65-40)28(50)23(49)15-46)42-39(58)60-17-21-14-45(44-43-21)27(19-7-3-1-4-8-19)20-9-5-2-6-10-20;/h1-10,14,22-37,46-55H,11-13,15-18,41H2,(H,42,58)(H,56,57);/q;+1/p-1/t22-,23-,24?,25?,26-,28-,29+,30+,31-,32?,33?,34-,35?,36-,37+,40-;/m1./s1. The van der Waals surface area contributed by atoms with Gasteiger partial charge in [-0.2, -0.15) is 0 Å². The van der Waals surface area contributed by atoms with Gasteiger partial charge >= 0.3 is 35.7 Å². The Balaban J connectivity index is 0.00000817. The molecule has 1 amide bonds. The monoisotopic (exact) mass is 947 g/mol. The quantitative estimate of drug-likeness (QED) is 0.0497. The molecule has 3 aliphatic rings. The topological polar surface area (TPSA) is 393 Å². The van der Waals surface area contributed by atoms with Crippen LogP contribution in [-0.4, -0.2) is 209 Å². The van der Waals surface area contributed by atoms with E-state index in [0.29, 0.717) is 0 Å². The largest absolute Gasteiger partial charge is 1.00 e. The minimum Gasteiger partial charge on any atom is -0.544 e. The second-order valence-electron chi connectivity index (χ2n) is 15.6. The molecule has 360 valence electrons. The fourth-order valence-electron chi connectivity index (χ4n) is 7.71. The number of carbonyl (C=O) groups excluding carboxylic acids is 2. The van der Waals surface area contributed by atoms with Crippen LogP contribution in [0.3, 0.4) is 0 Å². The number of benzene rings is 2. The van der Waals surface area contributed by atoms with Crippen LogP contribution in [0.2, 0.25) is 0 Å². The van der Waals surface area contributed by atoms with Gasteiger partial charge in [-0.3, -0.25) is 0 Å². The summed E-state index contributed by atoms with van der Waals surface area (Å²) >= 11 is 0. The van der Waals surface area contributed by atoms with Crippen LogP contribution in [0.15, 0.2) is 66.9 Å². The third kappa shape index (κ3) is 12.3. The Morgan fingerprint density at radius 1 is 0.894 bits per heavy atom. The van der Waals surface area contributed by atoms with Crippen molar-refractivity contribution in [3.8, 4) is 0 Å². The molecule has 0 spiro atoms. The van der Waals surface area contributed by atoms with E-state index in [1.54, 1.807) is 10.9 Å². The van der Waals surface area contributed by atoms with Gasteiger partial charge in [0.25, 0.3) is 0 Å². The van der Waals surface area contributed by atoms with Crippen molar-refractivity contribution >= 4 is 12.1 Å². The molecule has 0 radical (unpaired) electrons. The molecule has 0 saturated carbocycles. The number of nitrogens with two attached hydrogens (primary N) is 1. The Kier molecular flexibility index (Phi) is 19.7. The molecule has 3 saturated heterocycles. The van der Waals surface area contributed by atoms with Crippen molar-refractivity contribution < 1.29 is 128 Å². The molecule has 4 heterocycles. The second-order valence-corrected chi connectivity index (χ2v) is 15.6. The number of alkyl carbamates (subject to hydrolysis) is 1. The third-order valence-corrected chi connectivity index (χ3v) is 11.2. The molecule has 1 aromatic heterocycles. The van der Waals surface area contributed by atoms with E-state index in [1.165, 1.54) is 0 Å². The number of nitrogens with one attached hydrogen (secondary N) is 1. The average Bonchev–Trinajstić information content (AvgIpc) is 3.78. The molecule has 66 heavy (non-hydrogen) atoms. The smallest absolute Gasteiger partial charge is 0.544 e. The number of hydrogen-bond donors (Lipinski definition) is 12. The normalized spacial score (nSPS) is 33.4. The van der Waals surface area contributed by atoms with Gasteiger partial charge in [0.15, 0.2) is 12.6 Å². The number of rotatable bonds is 19. The number of aliphatic hydroxyl groups excluding tert-OH is 10. The molecule has 13 N–H and O–H groups in total. The molecule has 0 bridgehead atoms. The number of ether oxygens (including phenoxy) is 7. The second kappa shape index (κ2) is 24.3. The van der Waals surface area contributed by atoms with Gasteiger partial charge in [-0.05, 0) is 11.1 Å². The van der Waals surface area contributed by atoms with Crippen LogP contribution in [0.1, 0.15) is 29.3 Å². The predicted molar refractivity (Wildman–Crippen MR) is 210 cm³/mol. The molecule has 16 atom stereocenters. The summed E-state index contributed by atoms with van der Waals surface area (Å²) in [5.41, 5.74) is 7.38. The van der Waals surface area contributed by atoms with E-state index in [9.17, 15) is 65.8 Å². The van der Waals surface area contributed by atoms with Gasteiger partial charge in [0.05, 0.1) is 44.8 Å². The number of amides is 1. The van der Waals surface area contributed by atoms with Crippen molar-refractivity contribution in [2.75, 3.05) is 33.0 Å². The van der Waals surface area contributed by atoms with Crippen LogP contribution in [0.25, 0.3) is 0 Å². The summed E-state index contributed by atoms with van der Waals surface area (Å²) in [7, 11) is 0. The van der Waals surface area contributed by atoms with Gasteiger partial charge in [0.2, 0.25) is 5.79 Å². The number of hydrogen-bond acceptors (Lipinski definition) is 23. The van der Waals surface area contributed by atoms with Crippen LogP contribution in [0.4, 0.5) is 4.79 Å². The Labute approximate surface area is 398 Å². The van der Waals surface area contributed by atoms with Gasteiger partial charge < -0.3 is 105 Å². The number of carboxylic acids is 1. The summed E-state index contributed by atoms with van der Waals surface area (Å²) in [5.74, 6) is -5.24. The molecule has 5 unspecified atom stereocenters. The van der Waals surface area contributed by atoms with Crippen molar-refractivity contribution in [1.82, 2.24) is 20.3 Å². The van der Waals surface area contributed by atoms with E-state index < -0.39 is 149 Å². The summed E-state index contributed by atoms with van der Waals surface area (Å²) in [6.45, 7) is -3.50. The van der Waals surface area contributed by atoms with Crippen LogP contribution >= 0.6 is 0 Å². The zero-order valence-corrected chi connectivity index (χ0v) is 37.5. The molecular formula is C40H54N5NaO20. The maximum atomic E-state index is 13.2. The predicted octanol–water partition coefficient (Wildman–Crippen LogP) is -9.55. The van der Waals surface area contributed by atoms with E-state index in [-0.39, 0.29) is 48.4 Å². The summed E-state index contributed by atoms with van der Waals surface area (Å²) in [5, 5.41) is 129.